The van der Waals surface area contributed by atoms with Crippen molar-refractivity contribution in [2.24, 2.45) is 11.8 Å². The highest BCUT2D eigenvalue weighted by Gasteiger charge is 2.39. The average Bonchev–Trinajstić information content (AvgIpc) is 2.82. The first-order valence-electron chi connectivity index (χ1n) is 9.20. The quantitative estimate of drug-likeness (QED) is 0.339. The van der Waals surface area contributed by atoms with Crippen LogP contribution in [0.5, 0.6) is 0 Å². The SMILES string of the molecule is CC/C=C/C[C@H](O)/C=C/[C@@H]1[C@@H](C/C=C/CCCC(=O)O)[C@@H](O)C[C@H]1O. The monoisotopic (exact) mass is 352 g/mol. The third-order valence-electron chi connectivity index (χ3n) is 4.59. The van der Waals surface area contributed by atoms with E-state index in [0.29, 0.717) is 32.1 Å². The van der Waals surface area contributed by atoms with Gasteiger partial charge < -0.3 is 20.4 Å². The van der Waals surface area contributed by atoms with Gasteiger partial charge in [0.2, 0.25) is 0 Å². The van der Waals surface area contributed by atoms with Gasteiger partial charge in [0.1, 0.15) is 0 Å². The Morgan fingerprint density at radius 2 is 1.92 bits per heavy atom. The van der Waals surface area contributed by atoms with Gasteiger partial charge in [-0.05, 0) is 38.0 Å². The minimum absolute atomic E-state index is 0.0830. The molecule has 5 heteroatoms. The van der Waals surface area contributed by atoms with Crippen molar-refractivity contribution in [3.63, 3.8) is 0 Å². The van der Waals surface area contributed by atoms with Crippen molar-refractivity contribution < 1.29 is 25.2 Å². The van der Waals surface area contributed by atoms with Gasteiger partial charge in [0.05, 0.1) is 18.3 Å². The first kappa shape index (κ1) is 21.6. The molecule has 0 unspecified atom stereocenters. The lowest BCUT2D eigenvalue weighted by Gasteiger charge is -2.19. The molecule has 0 saturated heterocycles. The Bertz CT molecular complexity index is 469. The van der Waals surface area contributed by atoms with Gasteiger partial charge in [0.15, 0.2) is 0 Å². The van der Waals surface area contributed by atoms with Crippen molar-refractivity contribution in [2.45, 2.75) is 70.2 Å². The molecule has 1 rings (SSSR count). The third-order valence-corrected chi connectivity index (χ3v) is 4.59. The summed E-state index contributed by atoms with van der Waals surface area (Å²) in [5, 5.41) is 38.9. The molecule has 0 aromatic heterocycles. The van der Waals surface area contributed by atoms with Gasteiger partial charge in [0.25, 0.3) is 0 Å². The number of hydrogen-bond acceptors (Lipinski definition) is 4. The lowest BCUT2D eigenvalue weighted by Crippen LogP contribution is -2.20. The van der Waals surface area contributed by atoms with E-state index >= 15 is 0 Å². The number of allylic oxidation sites excluding steroid dienone is 3. The fraction of sp³-hybridized carbons (Fsp3) is 0.650. The van der Waals surface area contributed by atoms with Gasteiger partial charge in [-0.1, -0.05) is 43.4 Å². The zero-order valence-corrected chi connectivity index (χ0v) is 15.0. The van der Waals surface area contributed by atoms with Crippen LogP contribution in [0.1, 0.15) is 51.9 Å². The molecule has 0 aromatic carbocycles. The maximum absolute atomic E-state index is 10.5. The van der Waals surface area contributed by atoms with E-state index in [9.17, 15) is 20.1 Å². The molecule has 1 saturated carbocycles. The zero-order valence-electron chi connectivity index (χ0n) is 15.0. The van der Waals surface area contributed by atoms with Crippen LogP contribution in [0.2, 0.25) is 0 Å². The van der Waals surface area contributed by atoms with E-state index in [1.54, 1.807) is 6.08 Å². The van der Waals surface area contributed by atoms with Crippen LogP contribution in [0.25, 0.3) is 0 Å². The van der Waals surface area contributed by atoms with Crippen LogP contribution in [0.3, 0.4) is 0 Å². The van der Waals surface area contributed by atoms with Crippen molar-refractivity contribution in [1.29, 1.82) is 0 Å². The smallest absolute Gasteiger partial charge is 0.303 e. The van der Waals surface area contributed by atoms with Gasteiger partial charge in [-0.25, -0.2) is 0 Å². The molecule has 142 valence electrons. The van der Waals surface area contributed by atoms with Crippen LogP contribution in [-0.4, -0.2) is 44.7 Å². The summed E-state index contributed by atoms with van der Waals surface area (Å²) in [6.07, 6.45) is 13.5. The van der Waals surface area contributed by atoms with Crippen molar-refractivity contribution in [2.75, 3.05) is 0 Å². The molecule has 0 aromatic rings. The molecule has 25 heavy (non-hydrogen) atoms. The minimum atomic E-state index is -0.791. The van der Waals surface area contributed by atoms with Gasteiger partial charge in [-0.15, -0.1) is 0 Å². The molecule has 1 aliphatic rings. The van der Waals surface area contributed by atoms with Crippen LogP contribution >= 0.6 is 0 Å². The van der Waals surface area contributed by atoms with E-state index in [0.717, 1.165) is 6.42 Å². The fourth-order valence-electron chi connectivity index (χ4n) is 3.19. The Labute approximate surface area is 150 Å². The number of hydrogen-bond donors (Lipinski definition) is 4. The Balaban J connectivity index is 2.50. The largest absolute Gasteiger partial charge is 0.481 e. The maximum atomic E-state index is 10.5. The number of carboxylic acids is 1. The number of carboxylic acid groups (broad SMARTS) is 1. The number of rotatable bonds is 11. The van der Waals surface area contributed by atoms with Crippen molar-refractivity contribution in [3.05, 3.63) is 36.5 Å². The predicted octanol–water partition coefficient (Wildman–Crippen LogP) is 2.82. The molecule has 4 N–H and O–H groups in total. The highest BCUT2D eigenvalue weighted by molar-refractivity contribution is 5.66. The zero-order chi connectivity index (χ0) is 18.7. The number of aliphatic hydroxyl groups is 3. The Morgan fingerprint density at radius 1 is 1.16 bits per heavy atom. The summed E-state index contributed by atoms with van der Waals surface area (Å²) in [6, 6.07) is 0. The molecule has 1 aliphatic carbocycles. The second-order valence-electron chi connectivity index (χ2n) is 6.67. The molecule has 0 aliphatic heterocycles. The summed E-state index contributed by atoms with van der Waals surface area (Å²) in [6.45, 7) is 2.04. The molecule has 5 nitrogen and oxygen atoms in total. The lowest BCUT2D eigenvalue weighted by atomic mass is 9.89. The van der Waals surface area contributed by atoms with Crippen molar-refractivity contribution >= 4 is 5.97 Å². The van der Waals surface area contributed by atoms with E-state index in [2.05, 4.69) is 0 Å². The Morgan fingerprint density at radius 3 is 2.60 bits per heavy atom. The number of aliphatic hydroxyl groups excluding tert-OH is 3. The van der Waals surface area contributed by atoms with Crippen molar-refractivity contribution in [3.8, 4) is 0 Å². The first-order valence-corrected chi connectivity index (χ1v) is 9.20. The van der Waals surface area contributed by atoms with E-state index in [-0.39, 0.29) is 18.3 Å². The van der Waals surface area contributed by atoms with E-state index < -0.39 is 24.3 Å². The highest BCUT2D eigenvalue weighted by atomic mass is 16.4. The van der Waals surface area contributed by atoms with Gasteiger partial charge in [-0.3, -0.25) is 4.79 Å². The van der Waals surface area contributed by atoms with Crippen LogP contribution in [0.15, 0.2) is 36.5 Å². The summed E-state index contributed by atoms with van der Waals surface area (Å²) >= 11 is 0. The normalized spacial score (nSPS) is 28.5. The minimum Gasteiger partial charge on any atom is -0.481 e. The predicted molar refractivity (Wildman–Crippen MR) is 98.0 cm³/mol. The number of unbranched alkanes of at least 4 members (excludes halogenated alkanes) is 1. The molecule has 0 spiro atoms. The summed E-state index contributed by atoms with van der Waals surface area (Å²) in [5.74, 6) is -1.05. The maximum Gasteiger partial charge on any atom is 0.303 e. The summed E-state index contributed by atoms with van der Waals surface area (Å²) in [7, 11) is 0. The summed E-state index contributed by atoms with van der Waals surface area (Å²) in [4.78, 5) is 10.5. The van der Waals surface area contributed by atoms with E-state index in [4.69, 9.17) is 5.11 Å². The molecule has 0 heterocycles. The molecule has 0 amide bonds. The van der Waals surface area contributed by atoms with Gasteiger partial charge >= 0.3 is 5.97 Å². The van der Waals surface area contributed by atoms with Crippen LogP contribution in [0.4, 0.5) is 0 Å². The standard InChI is InChI=1S/C20H32O5/c1-2-3-6-9-15(21)12-13-17-16(18(22)14-19(17)23)10-7-4-5-8-11-20(24)25/h3-4,6-7,12-13,15-19,21-23H,2,5,8-11,14H2,1H3,(H,24,25)/b6-3+,7-4+,13-12+/t15-,16+,17+,18-,19+/m0/s1. The molecule has 5 atom stereocenters. The Kier molecular flexibility index (Phi) is 10.4. The fourth-order valence-corrected chi connectivity index (χ4v) is 3.19. The number of carbonyl (C=O) groups is 1. The van der Waals surface area contributed by atoms with Crippen molar-refractivity contribution in [1.82, 2.24) is 0 Å². The molecule has 0 radical (unpaired) electrons. The molecular formula is C20H32O5. The van der Waals surface area contributed by atoms with Gasteiger partial charge in [0, 0.05) is 18.8 Å². The second kappa shape index (κ2) is 12.0. The summed E-state index contributed by atoms with van der Waals surface area (Å²) in [5.41, 5.74) is 0. The second-order valence-corrected chi connectivity index (χ2v) is 6.67. The average molecular weight is 352 g/mol. The Hall–Kier alpha value is -1.43. The van der Waals surface area contributed by atoms with Gasteiger partial charge in [-0.2, -0.15) is 0 Å². The van der Waals surface area contributed by atoms with Crippen LogP contribution in [0, 0.1) is 11.8 Å². The molecule has 1 fully saturated rings. The van der Waals surface area contributed by atoms with E-state index in [1.807, 2.05) is 37.3 Å². The number of aliphatic carboxylic acids is 1. The topological polar surface area (TPSA) is 98.0 Å². The first-order chi connectivity index (χ1) is 12.0. The highest BCUT2D eigenvalue weighted by Crippen LogP contribution is 2.36. The molecule has 0 bridgehead atoms. The van der Waals surface area contributed by atoms with Crippen LogP contribution < -0.4 is 0 Å². The third kappa shape index (κ3) is 8.47. The molecular weight excluding hydrogens is 320 g/mol. The van der Waals surface area contributed by atoms with Crippen LogP contribution in [-0.2, 0) is 4.79 Å². The van der Waals surface area contributed by atoms with E-state index in [1.165, 1.54) is 0 Å². The summed E-state index contributed by atoms with van der Waals surface area (Å²) < 4.78 is 0. The lowest BCUT2D eigenvalue weighted by molar-refractivity contribution is -0.137.